The molecule has 0 atom stereocenters. The van der Waals surface area contributed by atoms with Gasteiger partial charge in [0.1, 0.15) is 0 Å². The monoisotopic (exact) mass is 260 g/mol. The van der Waals surface area contributed by atoms with Gasteiger partial charge in [-0.1, -0.05) is 32.9 Å². The lowest BCUT2D eigenvalue weighted by Gasteiger charge is -2.38. The summed E-state index contributed by atoms with van der Waals surface area (Å²) in [5.74, 6) is 0.889. The Kier molecular flexibility index (Phi) is 4.51. The van der Waals surface area contributed by atoms with Crippen molar-refractivity contribution >= 4 is 5.69 Å². The molecule has 19 heavy (non-hydrogen) atoms. The van der Waals surface area contributed by atoms with Gasteiger partial charge in [0.15, 0.2) is 0 Å². The topological polar surface area (TPSA) is 29.3 Å². The van der Waals surface area contributed by atoms with Gasteiger partial charge in [0.2, 0.25) is 0 Å². The number of anilines is 1. The van der Waals surface area contributed by atoms with Crippen LogP contribution in [0.15, 0.2) is 24.3 Å². The Morgan fingerprint density at radius 3 is 2.21 bits per heavy atom. The van der Waals surface area contributed by atoms with Gasteiger partial charge in [-0.15, -0.1) is 0 Å². The Labute approximate surface area is 118 Å². The minimum atomic E-state index is 0.475. The lowest BCUT2D eigenvalue weighted by atomic mass is 9.75. The third-order valence-electron chi connectivity index (χ3n) is 4.51. The van der Waals surface area contributed by atoms with Crippen molar-refractivity contribution in [2.24, 2.45) is 11.3 Å². The summed E-state index contributed by atoms with van der Waals surface area (Å²) in [6.07, 6.45) is 3.84. The van der Waals surface area contributed by atoms with Crippen LogP contribution in [0.2, 0.25) is 0 Å². The van der Waals surface area contributed by atoms with Crippen LogP contribution in [-0.2, 0) is 6.42 Å². The second-order valence-electron chi connectivity index (χ2n) is 6.97. The van der Waals surface area contributed by atoms with Crippen LogP contribution in [0, 0.1) is 11.3 Å². The lowest BCUT2D eigenvalue weighted by Crippen LogP contribution is -2.38. The Morgan fingerprint density at radius 1 is 1.11 bits per heavy atom. The van der Waals surface area contributed by atoms with Crippen LogP contribution in [-0.4, -0.2) is 24.5 Å². The maximum atomic E-state index is 5.71. The molecule has 0 amide bonds. The van der Waals surface area contributed by atoms with E-state index in [0.29, 0.717) is 5.41 Å². The van der Waals surface area contributed by atoms with Crippen molar-refractivity contribution in [3.63, 3.8) is 0 Å². The summed E-state index contributed by atoms with van der Waals surface area (Å²) in [6, 6.07) is 8.30. The number of piperidine rings is 1. The summed E-state index contributed by atoms with van der Waals surface area (Å²) in [7, 11) is 0. The molecule has 1 aliphatic rings. The third-order valence-corrected chi connectivity index (χ3v) is 4.51. The number of benzene rings is 1. The molecule has 0 aliphatic carbocycles. The maximum absolute atomic E-state index is 5.71. The normalized spacial score (nSPS) is 18.7. The molecule has 1 aromatic carbocycles. The van der Waals surface area contributed by atoms with Gasteiger partial charge < -0.3 is 10.6 Å². The average molecular weight is 260 g/mol. The van der Waals surface area contributed by atoms with E-state index in [0.717, 1.165) is 18.0 Å². The highest BCUT2D eigenvalue weighted by molar-refractivity contribution is 5.39. The van der Waals surface area contributed by atoms with Crippen LogP contribution in [0.4, 0.5) is 5.69 Å². The van der Waals surface area contributed by atoms with Crippen LogP contribution in [0.3, 0.4) is 0 Å². The number of nitrogen functional groups attached to an aromatic ring is 1. The van der Waals surface area contributed by atoms with Crippen molar-refractivity contribution in [2.75, 3.05) is 25.4 Å². The molecule has 0 unspecified atom stereocenters. The van der Waals surface area contributed by atoms with Crippen molar-refractivity contribution in [3.8, 4) is 0 Å². The first-order valence-corrected chi connectivity index (χ1v) is 7.52. The van der Waals surface area contributed by atoms with Gasteiger partial charge in [-0.3, -0.25) is 0 Å². The van der Waals surface area contributed by atoms with Gasteiger partial charge >= 0.3 is 0 Å². The van der Waals surface area contributed by atoms with E-state index in [2.05, 4.69) is 37.8 Å². The molecule has 0 bridgehead atoms. The lowest BCUT2D eigenvalue weighted by molar-refractivity contribution is 0.113. The molecular formula is C17H28N2. The fourth-order valence-electron chi connectivity index (χ4n) is 2.99. The molecule has 2 N–H and O–H groups in total. The first-order valence-electron chi connectivity index (χ1n) is 7.52. The predicted molar refractivity (Wildman–Crippen MR) is 83.2 cm³/mol. The van der Waals surface area contributed by atoms with Gasteiger partial charge in [-0.25, -0.2) is 0 Å². The van der Waals surface area contributed by atoms with Crippen LogP contribution < -0.4 is 5.73 Å². The van der Waals surface area contributed by atoms with Crippen LogP contribution in [0.5, 0.6) is 0 Å². The quantitative estimate of drug-likeness (QED) is 0.842. The molecule has 1 heterocycles. The molecule has 1 saturated heterocycles. The number of hydrogen-bond donors (Lipinski definition) is 1. The van der Waals surface area contributed by atoms with E-state index in [9.17, 15) is 0 Å². The van der Waals surface area contributed by atoms with Gasteiger partial charge in [0.25, 0.3) is 0 Å². The predicted octanol–water partition coefficient (Wildman–Crippen LogP) is 3.57. The molecule has 1 aliphatic heterocycles. The zero-order valence-corrected chi connectivity index (χ0v) is 12.7. The molecule has 0 saturated carbocycles. The molecule has 1 fully saturated rings. The van der Waals surface area contributed by atoms with Gasteiger partial charge in [-0.05, 0) is 61.4 Å². The van der Waals surface area contributed by atoms with E-state index >= 15 is 0 Å². The van der Waals surface area contributed by atoms with Gasteiger partial charge in [-0.2, -0.15) is 0 Å². The summed E-state index contributed by atoms with van der Waals surface area (Å²) in [5.41, 5.74) is 8.44. The molecule has 106 valence electrons. The molecular weight excluding hydrogens is 232 g/mol. The zero-order valence-electron chi connectivity index (χ0n) is 12.7. The van der Waals surface area contributed by atoms with E-state index in [1.807, 2.05) is 12.1 Å². The number of likely N-dealkylation sites (tertiary alicyclic amines) is 1. The molecule has 0 radical (unpaired) electrons. The van der Waals surface area contributed by atoms with Gasteiger partial charge in [0, 0.05) is 12.2 Å². The van der Waals surface area contributed by atoms with Crippen molar-refractivity contribution in [3.05, 3.63) is 29.8 Å². The summed E-state index contributed by atoms with van der Waals surface area (Å²) in [5, 5.41) is 0. The Bertz CT molecular complexity index is 381. The van der Waals surface area contributed by atoms with Crippen LogP contribution in [0.1, 0.15) is 39.2 Å². The second kappa shape index (κ2) is 5.96. The Balaban J connectivity index is 1.75. The summed E-state index contributed by atoms with van der Waals surface area (Å²) < 4.78 is 0. The average Bonchev–Trinajstić information content (AvgIpc) is 2.37. The fourth-order valence-corrected chi connectivity index (χ4v) is 2.99. The van der Waals surface area contributed by atoms with E-state index in [-0.39, 0.29) is 0 Å². The standard InChI is InChI=1S/C17H28N2/c1-17(2,3)15-9-12-19(13-10-15)11-8-14-4-6-16(18)7-5-14/h4-7,15H,8-13,18H2,1-3H3. The highest BCUT2D eigenvalue weighted by atomic mass is 15.1. The van der Waals surface area contributed by atoms with E-state index in [4.69, 9.17) is 5.73 Å². The van der Waals surface area contributed by atoms with Crippen LogP contribution >= 0.6 is 0 Å². The number of hydrogen-bond acceptors (Lipinski definition) is 2. The van der Waals surface area contributed by atoms with Crippen molar-refractivity contribution in [2.45, 2.75) is 40.0 Å². The molecule has 2 rings (SSSR count). The van der Waals surface area contributed by atoms with E-state index in [1.54, 1.807) is 0 Å². The SMILES string of the molecule is CC(C)(C)C1CCN(CCc2ccc(N)cc2)CC1. The van der Waals surface area contributed by atoms with E-state index < -0.39 is 0 Å². The maximum Gasteiger partial charge on any atom is 0.0314 e. The molecule has 0 spiro atoms. The number of nitrogens with two attached hydrogens (primary N) is 1. The molecule has 1 aromatic rings. The Morgan fingerprint density at radius 2 is 1.68 bits per heavy atom. The highest BCUT2D eigenvalue weighted by Gasteiger charge is 2.28. The van der Waals surface area contributed by atoms with Crippen molar-refractivity contribution in [1.29, 1.82) is 0 Å². The number of rotatable bonds is 3. The molecule has 2 nitrogen and oxygen atoms in total. The second-order valence-corrected chi connectivity index (χ2v) is 6.97. The van der Waals surface area contributed by atoms with E-state index in [1.165, 1.54) is 38.0 Å². The number of nitrogens with zero attached hydrogens (tertiary/aromatic N) is 1. The minimum Gasteiger partial charge on any atom is -0.399 e. The fraction of sp³-hybridized carbons (Fsp3) is 0.647. The minimum absolute atomic E-state index is 0.475. The highest BCUT2D eigenvalue weighted by Crippen LogP contribution is 2.34. The molecule has 2 heteroatoms. The van der Waals surface area contributed by atoms with Gasteiger partial charge in [0.05, 0.1) is 0 Å². The third kappa shape index (κ3) is 4.24. The largest absolute Gasteiger partial charge is 0.399 e. The summed E-state index contributed by atoms with van der Waals surface area (Å²) >= 11 is 0. The first kappa shape index (κ1) is 14.4. The van der Waals surface area contributed by atoms with Crippen molar-refractivity contribution < 1.29 is 0 Å². The zero-order chi connectivity index (χ0) is 13.9. The van der Waals surface area contributed by atoms with Crippen molar-refractivity contribution in [1.82, 2.24) is 4.90 Å². The summed E-state index contributed by atoms with van der Waals surface area (Å²) in [4.78, 5) is 2.61. The summed E-state index contributed by atoms with van der Waals surface area (Å²) in [6.45, 7) is 10.8. The molecule has 0 aromatic heterocycles. The van der Waals surface area contributed by atoms with Crippen LogP contribution in [0.25, 0.3) is 0 Å². The Hall–Kier alpha value is -1.02. The first-order chi connectivity index (χ1) is 8.95. The smallest absolute Gasteiger partial charge is 0.0314 e.